The van der Waals surface area contributed by atoms with Crippen LogP contribution in [-0.4, -0.2) is 36.6 Å². The molecule has 0 aliphatic heterocycles. The van der Waals surface area contributed by atoms with Crippen molar-refractivity contribution in [3.63, 3.8) is 0 Å². The van der Waals surface area contributed by atoms with E-state index in [1.54, 1.807) is 0 Å². The van der Waals surface area contributed by atoms with E-state index in [1.165, 1.54) is 38.6 Å². The van der Waals surface area contributed by atoms with Gasteiger partial charge in [0.2, 0.25) is 0 Å². The molecule has 0 heterocycles. The van der Waals surface area contributed by atoms with Crippen molar-refractivity contribution in [3.8, 4) is 0 Å². The van der Waals surface area contributed by atoms with E-state index in [4.69, 9.17) is 0 Å². The zero-order valence-electron chi connectivity index (χ0n) is 13.5. The van der Waals surface area contributed by atoms with Crippen molar-refractivity contribution < 1.29 is 0 Å². The van der Waals surface area contributed by atoms with Crippen molar-refractivity contribution in [1.82, 2.24) is 10.2 Å². The molecule has 108 valence electrons. The lowest BCUT2D eigenvalue weighted by Crippen LogP contribution is -2.48. The maximum Gasteiger partial charge on any atom is 0.00967 e. The van der Waals surface area contributed by atoms with Crippen LogP contribution >= 0.6 is 0 Å². The summed E-state index contributed by atoms with van der Waals surface area (Å²) >= 11 is 0. The van der Waals surface area contributed by atoms with E-state index in [0.29, 0.717) is 5.41 Å². The van der Waals surface area contributed by atoms with Gasteiger partial charge in [-0.05, 0) is 52.5 Å². The normalized spacial score (nSPS) is 21.5. The summed E-state index contributed by atoms with van der Waals surface area (Å²) in [5.74, 6) is 0. The summed E-state index contributed by atoms with van der Waals surface area (Å²) in [6, 6.07) is 0.838. The fourth-order valence-electron chi connectivity index (χ4n) is 2.85. The van der Waals surface area contributed by atoms with Crippen LogP contribution in [0.5, 0.6) is 0 Å². The van der Waals surface area contributed by atoms with Crippen LogP contribution in [0.3, 0.4) is 0 Å². The summed E-state index contributed by atoms with van der Waals surface area (Å²) in [6.07, 6.45) is 6.91. The molecule has 0 saturated heterocycles. The molecule has 1 aliphatic rings. The second kappa shape index (κ2) is 6.38. The Kier molecular flexibility index (Phi) is 5.67. The lowest BCUT2D eigenvalue weighted by atomic mass is 9.85. The van der Waals surface area contributed by atoms with Crippen molar-refractivity contribution in [2.24, 2.45) is 5.41 Å². The average Bonchev–Trinajstić information content (AvgIpc) is 2.79. The predicted molar refractivity (Wildman–Crippen MR) is 81.0 cm³/mol. The van der Waals surface area contributed by atoms with E-state index >= 15 is 0 Å². The lowest BCUT2D eigenvalue weighted by Gasteiger charge is -2.38. The summed E-state index contributed by atoms with van der Waals surface area (Å²) in [5, 5.41) is 3.68. The molecule has 0 aromatic heterocycles. The zero-order valence-corrected chi connectivity index (χ0v) is 13.5. The minimum absolute atomic E-state index is 0.225. The second-order valence-corrected chi connectivity index (χ2v) is 7.62. The molecule has 1 atom stereocenters. The number of hydrogen-bond acceptors (Lipinski definition) is 2. The molecule has 2 nitrogen and oxygen atoms in total. The maximum absolute atomic E-state index is 3.68. The van der Waals surface area contributed by atoms with Crippen LogP contribution in [0, 0.1) is 5.41 Å². The number of rotatable bonds is 6. The van der Waals surface area contributed by atoms with Gasteiger partial charge in [0, 0.05) is 24.7 Å². The monoisotopic (exact) mass is 254 g/mol. The Morgan fingerprint density at radius 1 is 1.11 bits per heavy atom. The molecule has 0 aromatic carbocycles. The summed E-state index contributed by atoms with van der Waals surface area (Å²) in [7, 11) is 2.32. The first-order chi connectivity index (χ1) is 8.26. The smallest absolute Gasteiger partial charge is 0.00967 e. The van der Waals surface area contributed by atoms with Gasteiger partial charge in [0.25, 0.3) is 0 Å². The number of nitrogens with one attached hydrogen (secondary N) is 1. The van der Waals surface area contributed by atoms with Crippen molar-refractivity contribution in [2.75, 3.05) is 20.1 Å². The van der Waals surface area contributed by atoms with Crippen LogP contribution < -0.4 is 5.32 Å². The molecular formula is C16H34N2. The van der Waals surface area contributed by atoms with Gasteiger partial charge >= 0.3 is 0 Å². The fraction of sp³-hybridized carbons (Fsp3) is 1.00. The molecule has 1 aliphatic carbocycles. The third-order valence-corrected chi connectivity index (χ3v) is 4.48. The van der Waals surface area contributed by atoms with E-state index < -0.39 is 0 Å². The highest BCUT2D eigenvalue weighted by molar-refractivity contribution is 4.85. The van der Waals surface area contributed by atoms with Crippen LogP contribution in [0.4, 0.5) is 0 Å². The fourth-order valence-corrected chi connectivity index (χ4v) is 2.85. The van der Waals surface area contributed by atoms with E-state index in [0.717, 1.165) is 12.6 Å². The third kappa shape index (κ3) is 5.27. The molecular weight excluding hydrogens is 220 g/mol. The Morgan fingerprint density at radius 3 is 2.11 bits per heavy atom. The van der Waals surface area contributed by atoms with Crippen LogP contribution in [-0.2, 0) is 0 Å². The molecule has 1 unspecified atom stereocenters. The first-order valence-corrected chi connectivity index (χ1v) is 7.71. The van der Waals surface area contributed by atoms with Gasteiger partial charge in [0.1, 0.15) is 0 Å². The van der Waals surface area contributed by atoms with Gasteiger partial charge < -0.3 is 10.2 Å². The van der Waals surface area contributed by atoms with Crippen molar-refractivity contribution >= 4 is 0 Å². The molecule has 0 spiro atoms. The third-order valence-electron chi connectivity index (χ3n) is 4.48. The minimum Gasteiger partial charge on any atom is -0.311 e. The molecule has 0 amide bonds. The van der Waals surface area contributed by atoms with Gasteiger partial charge in [-0.3, -0.25) is 0 Å². The van der Waals surface area contributed by atoms with Crippen molar-refractivity contribution in [1.29, 1.82) is 0 Å². The predicted octanol–water partition coefficient (Wildman–Crippen LogP) is 3.67. The molecule has 18 heavy (non-hydrogen) atoms. The summed E-state index contributed by atoms with van der Waals surface area (Å²) in [6.45, 7) is 13.8. The van der Waals surface area contributed by atoms with E-state index in [-0.39, 0.29) is 5.54 Å². The van der Waals surface area contributed by atoms with E-state index in [9.17, 15) is 0 Å². The van der Waals surface area contributed by atoms with Crippen LogP contribution in [0.15, 0.2) is 0 Å². The van der Waals surface area contributed by atoms with Gasteiger partial charge in [0.15, 0.2) is 0 Å². The highest BCUT2D eigenvalue weighted by Gasteiger charge is 2.29. The quantitative estimate of drug-likeness (QED) is 0.778. The second-order valence-electron chi connectivity index (χ2n) is 7.62. The Bertz CT molecular complexity index is 238. The molecule has 1 saturated carbocycles. The van der Waals surface area contributed by atoms with Gasteiger partial charge in [-0.2, -0.15) is 0 Å². The van der Waals surface area contributed by atoms with Gasteiger partial charge in [-0.15, -0.1) is 0 Å². The van der Waals surface area contributed by atoms with Crippen LogP contribution in [0.2, 0.25) is 0 Å². The van der Waals surface area contributed by atoms with Gasteiger partial charge in [0.05, 0.1) is 0 Å². The van der Waals surface area contributed by atoms with Crippen LogP contribution in [0.1, 0.15) is 66.7 Å². The minimum atomic E-state index is 0.225. The van der Waals surface area contributed by atoms with Gasteiger partial charge in [-0.1, -0.05) is 26.7 Å². The Balaban J connectivity index is 2.47. The Labute approximate surface area is 115 Å². The van der Waals surface area contributed by atoms with Crippen molar-refractivity contribution in [2.45, 2.75) is 78.3 Å². The Hall–Kier alpha value is -0.0800. The Morgan fingerprint density at radius 2 is 1.67 bits per heavy atom. The zero-order chi connectivity index (χ0) is 13.8. The first-order valence-electron chi connectivity index (χ1n) is 7.71. The van der Waals surface area contributed by atoms with E-state index in [2.05, 4.69) is 51.9 Å². The maximum atomic E-state index is 3.68. The highest BCUT2D eigenvalue weighted by Crippen LogP contribution is 2.28. The number of nitrogens with zero attached hydrogens (tertiary/aromatic N) is 1. The lowest BCUT2D eigenvalue weighted by molar-refractivity contribution is 0.134. The average molecular weight is 254 g/mol. The highest BCUT2D eigenvalue weighted by atomic mass is 15.1. The summed E-state index contributed by atoms with van der Waals surface area (Å²) in [5.41, 5.74) is 0.618. The molecule has 1 rings (SSSR count). The van der Waals surface area contributed by atoms with E-state index in [1.807, 2.05) is 0 Å². The molecule has 1 fully saturated rings. The molecule has 1 N–H and O–H groups in total. The first kappa shape index (κ1) is 16.0. The molecule has 0 radical (unpaired) electrons. The topological polar surface area (TPSA) is 15.3 Å². The SMILES string of the molecule is CCC(C)(CNC(C)(C)C)CN(C)C1CCCC1. The standard InChI is InChI=1S/C16H34N2/c1-7-16(5,12-17-15(2,3)4)13-18(6)14-10-8-9-11-14/h14,17H,7-13H2,1-6H3. The van der Waals surface area contributed by atoms with Gasteiger partial charge in [-0.25, -0.2) is 0 Å². The van der Waals surface area contributed by atoms with Crippen LogP contribution in [0.25, 0.3) is 0 Å². The molecule has 0 aromatic rings. The summed E-state index contributed by atoms with van der Waals surface area (Å²) in [4.78, 5) is 2.61. The van der Waals surface area contributed by atoms with Crippen molar-refractivity contribution in [3.05, 3.63) is 0 Å². The molecule has 2 heteroatoms. The largest absolute Gasteiger partial charge is 0.311 e. The number of hydrogen-bond donors (Lipinski definition) is 1. The summed E-state index contributed by atoms with van der Waals surface area (Å²) < 4.78 is 0. The molecule has 0 bridgehead atoms.